The minimum atomic E-state index is -0.289. The van der Waals surface area contributed by atoms with Gasteiger partial charge in [-0.3, -0.25) is 9.59 Å². The molecule has 2 aromatic carbocycles. The molecule has 1 heterocycles. The lowest BCUT2D eigenvalue weighted by Crippen LogP contribution is -2.12. The summed E-state index contributed by atoms with van der Waals surface area (Å²) < 4.78 is 5.13. The third-order valence-electron chi connectivity index (χ3n) is 3.64. The molecule has 0 fully saturated rings. The maximum absolute atomic E-state index is 12.3. The molecule has 130 valence electrons. The monoisotopic (exact) mass is 346 g/mol. The number of benzene rings is 2. The van der Waals surface area contributed by atoms with E-state index < -0.39 is 0 Å². The zero-order valence-electron chi connectivity index (χ0n) is 14.2. The van der Waals surface area contributed by atoms with Crippen LogP contribution < -0.4 is 10.6 Å². The van der Waals surface area contributed by atoms with Gasteiger partial charge in [-0.1, -0.05) is 23.8 Å². The van der Waals surface area contributed by atoms with Crippen LogP contribution in [0.2, 0.25) is 0 Å². The van der Waals surface area contributed by atoms with Crippen molar-refractivity contribution < 1.29 is 14.0 Å². The van der Waals surface area contributed by atoms with Crippen LogP contribution >= 0.6 is 0 Å². The fourth-order valence-corrected chi connectivity index (χ4v) is 2.31. The smallest absolute Gasteiger partial charge is 0.255 e. The van der Waals surface area contributed by atoms with Gasteiger partial charge in [-0.15, -0.1) is 0 Å². The van der Waals surface area contributed by atoms with E-state index in [4.69, 9.17) is 4.42 Å². The Bertz CT molecular complexity index is 926. The lowest BCUT2D eigenvalue weighted by molar-refractivity contribution is -0.111. The summed E-state index contributed by atoms with van der Waals surface area (Å²) >= 11 is 0. The zero-order valence-corrected chi connectivity index (χ0v) is 14.2. The van der Waals surface area contributed by atoms with Crippen molar-refractivity contribution in [2.24, 2.45) is 0 Å². The number of hydrogen-bond donors (Lipinski definition) is 2. The molecule has 3 rings (SSSR count). The van der Waals surface area contributed by atoms with Crippen molar-refractivity contribution in [2.45, 2.75) is 6.92 Å². The molecule has 1 aromatic heterocycles. The summed E-state index contributed by atoms with van der Waals surface area (Å²) in [4.78, 5) is 24.2. The van der Waals surface area contributed by atoms with E-state index in [1.807, 2.05) is 19.1 Å². The number of carbonyl (C=O) groups is 2. The Morgan fingerprint density at radius 2 is 1.65 bits per heavy atom. The van der Waals surface area contributed by atoms with Gasteiger partial charge in [-0.25, -0.2) is 0 Å². The van der Waals surface area contributed by atoms with Gasteiger partial charge < -0.3 is 15.1 Å². The van der Waals surface area contributed by atoms with Gasteiger partial charge in [-0.2, -0.15) is 0 Å². The van der Waals surface area contributed by atoms with Crippen LogP contribution in [-0.2, 0) is 4.79 Å². The second-order valence-corrected chi connectivity index (χ2v) is 5.74. The Balaban J connectivity index is 1.63. The van der Waals surface area contributed by atoms with Crippen molar-refractivity contribution in [1.82, 2.24) is 0 Å². The van der Waals surface area contributed by atoms with Gasteiger partial charge in [-0.05, 0) is 55.5 Å². The van der Waals surface area contributed by atoms with E-state index in [9.17, 15) is 9.59 Å². The van der Waals surface area contributed by atoms with Crippen LogP contribution in [0.15, 0.2) is 77.4 Å². The lowest BCUT2D eigenvalue weighted by Gasteiger charge is -2.08. The molecule has 0 bridgehead atoms. The first-order valence-corrected chi connectivity index (χ1v) is 8.11. The van der Waals surface area contributed by atoms with Crippen LogP contribution in [0.5, 0.6) is 0 Å². The number of furan rings is 1. The highest BCUT2D eigenvalue weighted by molar-refractivity contribution is 6.05. The van der Waals surface area contributed by atoms with Crippen LogP contribution in [0.25, 0.3) is 6.08 Å². The van der Waals surface area contributed by atoms with Gasteiger partial charge >= 0.3 is 0 Å². The average molecular weight is 346 g/mol. The van der Waals surface area contributed by atoms with Crippen molar-refractivity contribution >= 4 is 29.3 Å². The molecule has 0 radical (unpaired) electrons. The largest absolute Gasteiger partial charge is 0.465 e. The van der Waals surface area contributed by atoms with E-state index in [-0.39, 0.29) is 11.8 Å². The molecular formula is C21H18N2O3. The number of nitrogens with one attached hydrogen (secondary N) is 2. The van der Waals surface area contributed by atoms with Crippen molar-refractivity contribution in [3.05, 3.63) is 89.9 Å². The predicted octanol–water partition coefficient (Wildman–Crippen LogP) is 4.49. The minimum Gasteiger partial charge on any atom is -0.465 e. The van der Waals surface area contributed by atoms with Gasteiger partial charge in [0.2, 0.25) is 5.91 Å². The predicted molar refractivity (Wildman–Crippen MR) is 102 cm³/mol. The molecule has 26 heavy (non-hydrogen) atoms. The van der Waals surface area contributed by atoms with Gasteiger partial charge in [0.15, 0.2) is 0 Å². The number of rotatable bonds is 5. The van der Waals surface area contributed by atoms with E-state index in [0.29, 0.717) is 22.7 Å². The molecule has 0 spiro atoms. The fourth-order valence-electron chi connectivity index (χ4n) is 2.31. The molecular weight excluding hydrogens is 328 g/mol. The summed E-state index contributed by atoms with van der Waals surface area (Å²) in [6.45, 7) is 1.97. The number of carbonyl (C=O) groups excluding carboxylic acids is 2. The van der Waals surface area contributed by atoms with E-state index >= 15 is 0 Å². The number of aryl methyl sites for hydroxylation is 1. The first kappa shape index (κ1) is 17.2. The summed E-state index contributed by atoms with van der Waals surface area (Å²) in [5, 5.41) is 5.57. The van der Waals surface area contributed by atoms with Crippen molar-refractivity contribution in [2.75, 3.05) is 10.6 Å². The van der Waals surface area contributed by atoms with E-state index in [1.54, 1.807) is 54.6 Å². The summed E-state index contributed by atoms with van der Waals surface area (Å²) in [7, 11) is 0. The lowest BCUT2D eigenvalue weighted by atomic mass is 10.1. The molecule has 0 saturated heterocycles. The minimum absolute atomic E-state index is 0.203. The summed E-state index contributed by atoms with van der Waals surface area (Å²) in [6, 6.07) is 17.8. The molecule has 0 aliphatic heterocycles. The first-order chi connectivity index (χ1) is 12.6. The average Bonchev–Trinajstić information content (AvgIpc) is 3.14. The van der Waals surface area contributed by atoms with Gasteiger partial charge in [0, 0.05) is 23.0 Å². The molecule has 0 atom stereocenters. The van der Waals surface area contributed by atoms with Crippen molar-refractivity contribution in [3.63, 3.8) is 0 Å². The van der Waals surface area contributed by atoms with E-state index in [1.165, 1.54) is 12.3 Å². The molecule has 0 aliphatic rings. The van der Waals surface area contributed by atoms with Crippen LogP contribution in [0.4, 0.5) is 11.4 Å². The molecule has 2 N–H and O–H groups in total. The Hall–Kier alpha value is -3.60. The van der Waals surface area contributed by atoms with Crippen LogP contribution in [-0.4, -0.2) is 11.8 Å². The van der Waals surface area contributed by atoms with Crippen LogP contribution in [0.3, 0.4) is 0 Å². The van der Waals surface area contributed by atoms with Crippen molar-refractivity contribution in [1.29, 1.82) is 0 Å². The maximum atomic E-state index is 12.3. The van der Waals surface area contributed by atoms with Crippen LogP contribution in [0, 0.1) is 6.92 Å². The molecule has 5 nitrogen and oxygen atoms in total. The molecule has 3 aromatic rings. The first-order valence-electron chi connectivity index (χ1n) is 8.11. The second-order valence-electron chi connectivity index (χ2n) is 5.74. The Labute approximate surface area is 151 Å². The normalized spacial score (nSPS) is 10.7. The third kappa shape index (κ3) is 4.70. The Morgan fingerprint density at radius 1 is 0.923 bits per heavy atom. The van der Waals surface area contributed by atoms with E-state index in [0.717, 1.165) is 5.56 Å². The SMILES string of the molecule is Cc1ccc(C(=O)Nc2cccc(NC(=O)C=Cc3ccco3)c2)cc1. The maximum Gasteiger partial charge on any atom is 0.255 e. The number of amides is 2. The van der Waals surface area contributed by atoms with Gasteiger partial charge in [0.05, 0.1) is 6.26 Å². The molecule has 0 aliphatic carbocycles. The summed E-state index contributed by atoms with van der Waals surface area (Å²) in [5.41, 5.74) is 2.85. The van der Waals surface area contributed by atoms with Crippen LogP contribution in [0.1, 0.15) is 21.7 Å². The standard InChI is InChI=1S/C21H18N2O3/c1-15-7-9-16(10-8-15)21(25)23-18-5-2-4-17(14-18)22-20(24)12-11-19-6-3-13-26-19/h2-14H,1H3,(H,22,24)(H,23,25). The van der Waals surface area contributed by atoms with Crippen molar-refractivity contribution in [3.8, 4) is 0 Å². The number of anilines is 2. The van der Waals surface area contributed by atoms with E-state index in [2.05, 4.69) is 10.6 Å². The third-order valence-corrected chi connectivity index (χ3v) is 3.64. The summed E-state index contributed by atoms with van der Waals surface area (Å²) in [5.74, 6) is 0.105. The van der Waals surface area contributed by atoms with Gasteiger partial charge in [0.1, 0.15) is 5.76 Å². The summed E-state index contributed by atoms with van der Waals surface area (Å²) in [6.07, 6.45) is 4.51. The quantitative estimate of drug-likeness (QED) is 0.669. The molecule has 0 unspecified atom stereocenters. The second kappa shape index (κ2) is 7.98. The fraction of sp³-hybridized carbons (Fsp3) is 0.0476. The van der Waals surface area contributed by atoms with Gasteiger partial charge in [0.25, 0.3) is 5.91 Å². The Morgan fingerprint density at radius 3 is 2.35 bits per heavy atom. The highest BCUT2D eigenvalue weighted by Gasteiger charge is 2.06. The Kier molecular flexibility index (Phi) is 5.29. The molecule has 5 heteroatoms. The molecule has 2 amide bonds. The highest BCUT2D eigenvalue weighted by atomic mass is 16.3. The number of hydrogen-bond acceptors (Lipinski definition) is 3. The molecule has 0 saturated carbocycles. The highest BCUT2D eigenvalue weighted by Crippen LogP contribution is 2.16. The zero-order chi connectivity index (χ0) is 18.4. The topological polar surface area (TPSA) is 71.3 Å².